The number of hydrogen-bond donors (Lipinski definition) is 2. The highest BCUT2D eigenvalue weighted by Gasteiger charge is 2.28. The molecule has 1 atom stereocenters. The second-order valence-corrected chi connectivity index (χ2v) is 6.67. The first-order valence-electron chi connectivity index (χ1n) is 8.43. The van der Waals surface area contributed by atoms with Crippen LogP contribution in [-0.2, 0) is 15.0 Å². The zero-order chi connectivity index (χ0) is 17.3. The van der Waals surface area contributed by atoms with E-state index in [4.69, 9.17) is 0 Å². The quantitative estimate of drug-likeness (QED) is 0.687. The molecule has 0 saturated heterocycles. The van der Waals surface area contributed by atoms with Gasteiger partial charge in [-0.3, -0.25) is 9.59 Å². The van der Waals surface area contributed by atoms with Gasteiger partial charge < -0.3 is 10.6 Å². The van der Waals surface area contributed by atoms with Crippen LogP contribution in [0.3, 0.4) is 0 Å². The molecule has 2 amide bonds. The van der Waals surface area contributed by atoms with Crippen molar-refractivity contribution in [2.24, 2.45) is 0 Å². The third-order valence-corrected chi connectivity index (χ3v) is 4.43. The van der Waals surface area contributed by atoms with Gasteiger partial charge in [0.2, 0.25) is 11.8 Å². The Kier molecular flexibility index (Phi) is 7.79. The van der Waals surface area contributed by atoms with Gasteiger partial charge in [-0.2, -0.15) is 0 Å². The Labute approximate surface area is 140 Å². The van der Waals surface area contributed by atoms with Crippen molar-refractivity contribution in [2.45, 2.75) is 64.8 Å². The van der Waals surface area contributed by atoms with Crippen LogP contribution in [0.4, 0.5) is 0 Å². The molecule has 0 radical (unpaired) electrons. The number of carbonyl (C=O) groups excluding carboxylic acids is 2. The Morgan fingerprint density at radius 3 is 2.35 bits per heavy atom. The summed E-state index contributed by atoms with van der Waals surface area (Å²) in [7, 11) is 0. The van der Waals surface area contributed by atoms with Crippen LogP contribution >= 0.6 is 0 Å². The topological polar surface area (TPSA) is 58.2 Å². The Balaban J connectivity index is 2.32. The summed E-state index contributed by atoms with van der Waals surface area (Å²) in [6.07, 6.45) is 3.25. The van der Waals surface area contributed by atoms with E-state index < -0.39 is 0 Å². The number of carbonyl (C=O) groups is 2. The Bertz CT molecular complexity index is 497. The maximum Gasteiger partial charge on any atom is 0.220 e. The van der Waals surface area contributed by atoms with Gasteiger partial charge in [-0.1, -0.05) is 50.6 Å². The average molecular weight is 318 g/mol. The monoisotopic (exact) mass is 318 g/mol. The summed E-state index contributed by atoms with van der Waals surface area (Å²) in [6, 6.07) is 10.3. The molecule has 4 heteroatoms. The van der Waals surface area contributed by atoms with Gasteiger partial charge in [0.25, 0.3) is 0 Å². The highest BCUT2D eigenvalue weighted by molar-refractivity contribution is 5.76. The molecular formula is C19H30N2O2. The second kappa shape index (κ2) is 9.33. The van der Waals surface area contributed by atoms with Gasteiger partial charge in [-0.15, -0.1) is 0 Å². The Morgan fingerprint density at radius 1 is 1.09 bits per heavy atom. The molecule has 0 fully saturated rings. The SMILES string of the molecule is CC(=O)NCCCCCC(=O)NC(C)C(C)(C)c1ccccc1. The normalized spacial score (nSPS) is 12.5. The molecule has 0 aromatic heterocycles. The molecule has 1 aromatic carbocycles. The van der Waals surface area contributed by atoms with Gasteiger partial charge in [0, 0.05) is 31.3 Å². The van der Waals surface area contributed by atoms with Crippen molar-refractivity contribution in [3.05, 3.63) is 35.9 Å². The fourth-order valence-electron chi connectivity index (χ4n) is 2.46. The van der Waals surface area contributed by atoms with E-state index in [9.17, 15) is 9.59 Å². The van der Waals surface area contributed by atoms with Crippen LogP contribution in [0.25, 0.3) is 0 Å². The van der Waals surface area contributed by atoms with Gasteiger partial charge in [0.1, 0.15) is 0 Å². The van der Waals surface area contributed by atoms with Gasteiger partial charge in [-0.25, -0.2) is 0 Å². The van der Waals surface area contributed by atoms with Crippen molar-refractivity contribution in [2.75, 3.05) is 6.54 Å². The van der Waals surface area contributed by atoms with Crippen molar-refractivity contribution in [1.82, 2.24) is 10.6 Å². The van der Waals surface area contributed by atoms with Crippen molar-refractivity contribution in [1.29, 1.82) is 0 Å². The van der Waals surface area contributed by atoms with E-state index >= 15 is 0 Å². The molecule has 1 rings (SSSR count). The first-order valence-corrected chi connectivity index (χ1v) is 8.43. The minimum Gasteiger partial charge on any atom is -0.356 e. The Morgan fingerprint density at radius 2 is 1.74 bits per heavy atom. The number of hydrogen-bond acceptors (Lipinski definition) is 2. The van der Waals surface area contributed by atoms with E-state index in [0.717, 1.165) is 19.3 Å². The van der Waals surface area contributed by atoms with E-state index in [1.54, 1.807) is 0 Å². The summed E-state index contributed by atoms with van der Waals surface area (Å²) in [5, 5.41) is 5.88. The number of benzene rings is 1. The highest BCUT2D eigenvalue weighted by atomic mass is 16.2. The van der Waals surface area contributed by atoms with Crippen LogP contribution in [0.2, 0.25) is 0 Å². The molecule has 0 spiro atoms. The zero-order valence-electron chi connectivity index (χ0n) is 14.8. The molecule has 0 heterocycles. The number of rotatable bonds is 9. The van der Waals surface area contributed by atoms with E-state index in [-0.39, 0.29) is 23.3 Å². The van der Waals surface area contributed by atoms with E-state index in [1.165, 1.54) is 12.5 Å². The molecule has 0 aliphatic rings. The summed E-state index contributed by atoms with van der Waals surface area (Å²) in [5.41, 5.74) is 1.12. The largest absolute Gasteiger partial charge is 0.356 e. The predicted octanol–water partition coefficient (Wildman–Crippen LogP) is 3.17. The fourth-order valence-corrected chi connectivity index (χ4v) is 2.46. The summed E-state index contributed by atoms with van der Waals surface area (Å²) in [5.74, 6) is 0.0979. The summed E-state index contributed by atoms with van der Waals surface area (Å²) < 4.78 is 0. The van der Waals surface area contributed by atoms with Crippen LogP contribution in [0.5, 0.6) is 0 Å². The van der Waals surface area contributed by atoms with Gasteiger partial charge in [0.15, 0.2) is 0 Å². The van der Waals surface area contributed by atoms with E-state index in [2.05, 4.69) is 43.5 Å². The lowest BCUT2D eigenvalue weighted by Gasteiger charge is -2.33. The number of nitrogens with one attached hydrogen (secondary N) is 2. The van der Waals surface area contributed by atoms with Crippen LogP contribution in [0.1, 0.15) is 58.9 Å². The lowest BCUT2D eigenvalue weighted by atomic mass is 9.78. The van der Waals surface area contributed by atoms with Gasteiger partial charge >= 0.3 is 0 Å². The van der Waals surface area contributed by atoms with Gasteiger partial charge in [-0.05, 0) is 25.3 Å². The van der Waals surface area contributed by atoms with Crippen LogP contribution in [0.15, 0.2) is 30.3 Å². The summed E-state index contributed by atoms with van der Waals surface area (Å²) in [4.78, 5) is 22.8. The molecule has 1 unspecified atom stereocenters. The molecule has 1 aromatic rings. The molecule has 0 bridgehead atoms. The maximum atomic E-state index is 12.1. The molecule has 128 valence electrons. The van der Waals surface area contributed by atoms with Crippen molar-refractivity contribution >= 4 is 11.8 Å². The van der Waals surface area contributed by atoms with E-state index in [1.807, 2.05) is 18.2 Å². The van der Waals surface area contributed by atoms with Crippen LogP contribution < -0.4 is 10.6 Å². The van der Waals surface area contributed by atoms with Crippen molar-refractivity contribution < 1.29 is 9.59 Å². The van der Waals surface area contributed by atoms with Gasteiger partial charge in [0.05, 0.1) is 0 Å². The number of amides is 2. The molecule has 23 heavy (non-hydrogen) atoms. The molecule has 0 aliphatic carbocycles. The lowest BCUT2D eigenvalue weighted by molar-refractivity contribution is -0.122. The highest BCUT2D eigenvalue weighted by Crippen LogP contribution is 2.26. The molecular weight excluding hydrogens is 288 g/mol. The third-order valence-electron chi connectivity index (χ3n) is 4.43. The molecule has 4 nitrogen and oxygen atoms in total. The molecule has 0 aliphatic heterocycles. The zero-order valence-corrected chi connectivity index (χ0v) is 14.8. The summed E-state index contributed by atoms with van der Waals surface area (Å²) in [6.45, 7) is 8.57. The van der Waals surface area contributed by atoms with Crippen molar-refractivity contribution in [3.8, 4) is 0 Å². The fraction of sp³-hybridized carbons (Fsp3) is 0.579. The average Bonchev–Trinajstić information content (AvgIpc) is 2.51. The smallest absolute Gasteiger partial charge is 0.220 e. The minimum atomic E-state index is -0.109. The van der Waals surface area contributed by atoms with Crippen LogP contribution in [-0.4, -0.2) is 24.4 Å². The van der Waals surface area contributed by atoms with Crippen molar-refractivity contribution in [3.63, 3.8) is 0 Å². The Hall–Kier alpha value is -1.84. The first-order chi connectivity index (χ1) is 10.8. The maximum absolute atomic E-state index is 12.1. The third kappa shape index (κ3) is 6.85. The lowest BCUT2D eigenvalue weighted by Crippen LogP contribution is -2.45. The second-order valence-electron chi connectivity index (χ2n) is 6.67. The minimum absolute atomic E-state index is 0.000267. The van der Waals surface area contributed by atoms with E-state index in [0.29, 0.717) is 13.0 Å². The molecule has 0 saturated carbocycles. The number of unbranched alkanes of at least 4 members (excludes halogenated alkanes) is 2. The molecule has 2 N–H and O–H groups in total. The predicted molar refractivity (Wildman–Crippen MR) is 94.2 cm³/mol. The first kappa shape index (κ1) is 19.2. The standard InChI is InChI=1S/C19H30N2O2/c1-15(19(3,4)17-11-7-5-8-12-17)21-18(23)13-9-6-10-14-20-16(2)22/h5,7-8,11-12,15H,6,9-10,13-14H2,1-4H3,(H,20,22)(H,21,23). The van der Waals surface area contributed by atoms with Crippen LogP contribution in [0, 0.1) is 0 Å². The summed E-state index contributed by atoms with van der Waals surface area (Å²) >= 11 is 0.